The summed E-state index contributed by atoms with van der Waals surface area (Å²) in [5, 5.41) is 0. The van der Waals surface area contributed by atoms with Gasteiger partial charge in [0.05, 0.1) is 11.0 Å². The number of aromatic nitrogens is 2. The standard InChI is InChI=1S/C17H23FN2/c1-17(2,3)12-6-4-11(5-7-12)16-19-14-9-8-13(18)10-15(14)20-16/h8-12H,4-7H2,1-3H3,(H,19,20). The highest BCUT2D eigenvalue weighted by molar-refractivity contribution is 5.75. The Morgan fingerprint density at radius 2 is 1.85 bits per heavy atom. The fraction of sp³-hybridized carbons (Fsp3) is 0.588. The number of hydrogen-bond acceptors (Lipinski definition) is 1. The molecule has 0 saturated heterocycles. The van der Waals surface area contributed by atoms with Crippen LogP contribution in [0.5, 0.6) is 0 Å². The molecule has 0 bridgehead atoms. The van der Waals surface area contributed by atoms with Crippen LogP contribution in [0.2, 0.25) is 0 Å². The van der Waals surface area contributed by atoms with E-state index in [0.717, 1.165) is 22.8 Å². The van der Waals surface area contributed by atoms with E-state index in [9.17, 15) is 4.39 Å². The largest absolute Gasteiger partial charge is 0.342 e. The lowest BCUT2D eigenvalue weighted by atomic mass is 9.70. The minimum absolute atomic E-state index is 0.204. The van der Waals surface area contributed by atoms with Crippen molar-refractivity contribution in [1.29, 1.82) is 0 Å². The summed E-state index contributed by atoms with van der Waals surface area (Å²) in [6.45, 7) is 7.01. The Balaban J connectivity index is 1.76. The van der Waals surface area contributed by atoms with E-state index in [1.807, 2.05) is 0 Å². The molecule has 1 heterocycles. The summed E-state index contributed by atoms with van der Waals surface area (Å²) < 4.78 is 13.2. The summed E-state index contributed by atoms with van der Waals surface area (Å²) in [6.07, 6.45) is 4.90. The van der Waals surface area contributed by atoms with E-state index in [4.69, 9.17) is 0 Å². The molecule has 0 atom stereocenters. The van der Waals surface area contributed by atoms with Gasteiger partial charge in [-0.05, 0) is 55.2 Å². The molecule has 0 spiro atoms. The number of aromatic amines is 1. The van der Waals surface area contributed by atoms with Crippen molar-refractivity contribution in [3.8, 4) is 0 Å². The van der Waals surface area contributed by atoms with Crippen molar-refractivity contribution in [3.05, 3.63) is 29.8 Å². The smallest absolute Gasteiger partial charge is 0.125 e. The van der Waals surface area contributed by atoms with E-state index >= 15 is 0 Å². The van der Waals surface area contributed by atoms with Gasteiger partial charge in [0.1, 0.15) is 11.6 Å². The molecule has 1 N–H and O–H groups in total. The fourth-order valence-electron chi connectivity index (χ4n) is 3.43. The van der Waals surface area contributed by atoms with E-state index < -0.39 is 0 Å². The Labute approximate surface area is 119 Å². The topological polar surface area (TPSA) is 28.7 Å². The number of hydrogen-bond donors (Lipinski definition) is 1. The Morgan fingerprint density at radius 1 is 1.15 bits per heavy atom. The van der Waals surface area contributed by atoms with Crippen LogP contribution < -0.4 is 0 Å². The van der Waals surface area contributed by atoms with E-state index in [-0.39, 0.29) is 5.82 Å². The third-order valence-electron chi connectivity index (χ3n) is 4.80. The first-order chi connectivity index (χ1) is 9.43. The third-order valence-corrected chi connectivity index (χ3v) is 4.80. The first-order valence-corrected chi connectivity index (χ1v) is 7.58. The number of nitrogens with zero attached hydrogens (tertiary/aromatic N) is 1. The number of nitrogens with one attached hydrogen (secondary N) is 1. The number of H-pyrrole nitrogens is 1. The zero-order chi connectivity index (χ0) is 14.3. The summed E-state index contributed by atoms with van der Waals surface area (Å²) >= 11 is 0. The number of rotatable bonds is 1. The summed E-state index contributed by atoms with van der Waals surface area (Å²) in [5.41, 5.74) is 2.10. The van der Waals surface area contributed by atoms with Gasteiger partial charge in [0, 0.05) is 5.92 Å². The summed E-state index contributed by atoms with van der Waals surface area (Å²) in [7, 11) is 0. The van der Waals surface area contributed by atoms with Crippen molar-refractivity contribution in [2.75, 3.05) is 0 Å². The normalized spacial score (nSPS) is 24.2. The van der Waals surface area contributed by atoms with Crippen molar-refractivity contribution in [1.82, 2.24) is 9.97 Å². The van der Waals surface area contributed by atoms with Crippen LogP contribution in [0.3, 0.4) is 0 Å². The molecule has 0 unspecified atom stereocenters. The van der Waals surface area contributed by atoms with Crippen molar-refractivity contribution in [2.24, 2.45) is 11.3 Å². The molecule has 0 amide bonds. The van der Waals surface area contributed by atoms with Gasteiger partial charge in [-0.2, -0.15) is 0 Å². The minimum atomic E-state index is -0.204. The lowest BCUT2D eigenvalue weighted by Crippen LogP contribution is -2.25. The quantitative estimate of drug-likeness (QED) is 0.777. The molecule has 108 valence electrons. The van der Waals surface area contributed by atoms with Crippen molar-refractivity contribution >= 4 is 11.0 Å². The van der Waals surface area contributed by atoms with Gasteiger partial charge >= 0.3 is 0 Å². The molecule has 1 aliphatic carbocycles. The molecule has 0 aliphatic heterocycles. The van der Waals surface area contributed by atoms with Gasteiger partial charge < -0.3 is 4.98 Å². The molecule has 1 aromatic carbocycles. The zero-order valence-electron chi connectivity index (χ0n) is 12.5. The van der Waals surface area contributed by atoms with Gasteiger partial charge in [-0.25, -0.2) is 9.37 Å². The number of benzene rings is 1. The maximum atomic E-state index is 13.2. The van der Waals surface area contributed by atoms with Gasteiger partial charge in [-0.15, -0.1) is 0 Å². The highest BCUT2D eigenvalue weighted by Crippen LogP contribution is 2.42. The Kier molecular flexibility index (Phi) is 3.31. The second-order valence-electron chi connectivity index (χ2n) is 7.20. The summed E-state index contributed by atoms with van der Waals surface area (Å²) in [4.78, 5) is 7.95. The molecule has 1 aromatic heterocycles. The predicted molar refractivity (Wildman–Crippen MR) is 80.2 cm³/mol. The molecular formula is C17H23FN2. The van der Waals surface area contributed by atoms with Crippen LogP contribution in [0.1, 0.15) is 58.2 Å². The second kappa shape index (κ2) is 4.87. The highest BCUT2D eigenvalue weighted by atomic mass is 19.1. The summed E-state index contributed by atoms with van der Waals surface area (Å²) in [5.74, 6) is 2.15. The van der Waals surface area contributed by atoms with E-state index in [1.54, 1.807) is 6.07 Å². The van der Waals surface area contributed by atoms with E-state index in [2.05, 4.69) is 30.7 Å². The van der Waals surface area contributed by atoms with Gasteiger partial charge in [0.25, 0.3) is 0 Å². The molecule has 1 aliphatic rings. The van der Waals surface area contributed by atoms with Crippen LogP contribution in [0.15, 0.2) is 18.2 Å². The van der Waals surface area contributed by atoms with Crippen molar-refractivity contribution in [3.63, 3.8) is 0 Å². The lowest BCUT2D eigenvalue weighted by Gasteiger charge is -2.36. The molecule has 0 radical (unpaired) electrons. The summed E-state index contributed by atoms with van der Waals surface area (Å²) in [6, 6.07) is 4.77. The highest BCUT2D eigenvalue weighted by Gasteiger charge is 2.31. The monoisotopic (exact) mass is 274 g/mol. The Morgan fingerprint density at radius 3 is 2.50 bits per heavy atom. The first-order valence-electron chi connectivity index (χ1n) is 7.58. The van der Waals surface area contributed by atoms with Crippen molar-refractivity contribution in [2.45, 2.75) is 52.4 Å². The molecule has 1 fully saturated rings. The molecule has 2 nitrogen and oxygen atoms in total. The SMILES string of the molecule is CC(C)(C)C1CCC(c2nc3ccc(F)cc3[nH]2)CC1. The average Bonchev–Trinajstić information content (AvgIpc) is 2.80. The van der Waals surface area contributed by atoms with Crippen LogP contribution in [0.4, 0.5) is 4.39 Å². The van der Waals surface area contributed by atoms with Crippen LogP contribution in [0, 0.1) is 17.2 Å². The van der Waals surface area contributed by atoms with Gasteiger partial charge in [-0.3, -0.25) is 0 Å². The number of fused-ring (bicyclic) bond motifs is 1. The molecule has 1 saturated carbocycles. The zero-order valence-corrected chi connectivity index (χ0v) is 12.5. The van der Waals surface area contributed by atoms with Gasteiger partial charge in [0.15, 0.2) is 0 Å². The van der Waals surface area contributed by atoms with E-state index in [0.29, 0.717) is 11.3 Å². The molecule has 3 heteroatoms. The van der Waals surface area contributed by atoms with Crippen LogP contribution in [-0.4, -0.2) is 9.97 Å². The maximum absolute atomic E-state index is 13.2. The van der Waals surface area contributed by atoms with Gasteiger partial charge in [-0.1, -0.05) is 20.8 Å². The molecule has 2 aromatic rings. The van der Waals surface area contributed by atoms with Crippen LogP contribution in [0.25, 0.3) is 11.0 Å². The van der Waals surface area contributed by atoms with E-state index in [1.165, 1.54) is 37.8 Å². The third kappa shape index (κ3) is 2.58. The molecular weight excluding hydrogens is 251 g/mol. The average molecular weight is 274 g/mol. The predicted octanol–water partition coefficient (Wildman–Crippen LogP) is 5.02. The Bertz CT molecular complexity index is 601. The number of imidazole rings is 1. The second-order valence-corrected chi connectivity index (χ2v) is 7.20. The Hall–Kier alpha value is -1.38. The first kappa shape index (κ1) is 13.6. The molecule has 3 rings (SSSR count). The lowest BCUT2D eigenvalue weighted by molar-refractivity contribution is 0.167. The number of halogens is 1. The minimum Gasteiger partial charge on any atom is -0.342 e. The molecule has 20 heavy (non-hydrogen) atoms. The van der Waals surface area contributed by atoms with Gasteiger partial charge in [0.2, 0.25) is 0 Å². The fourth-order valence-corrected chi connectivity index (χ4v) is 3.43. The van der Waals surface area contributed by atoms with Crippen molar-refractivity contribution < 1.29 is 4.39 Å². The maximum Gasteiger partial charge on any atom is 0.125 e. The van der Waals surface area contributed by atoms with Crippen LogP contribution in [-0.2, 0) is 0 Å². The van der Waals surface area contributed by atoms with Crippen LogP contribution >= 0.6 is 0 Å².